The third-order valence-corrected chi connectivity index (χ3v) is 6.02. The third-order valence-electron chi connectivity index (χ3n) is 5.40. The maximum absolute atomic E-state index is 12.0. The van der Waals surface area contributed by atoms with Crippen molar-refractivity contribution in [3.63, 3.8) is 0 Å². The van der Waals surface area contributed by atoms with Crippen LogP contribution in [0.15, 0.2) is 0 Å². The minimum absolute atomic E-state index is 0.0130. The van der Waals surface area contributed by atoms with E-state index in [1.807, 2.05) is 0 Å². The highest BCUT2D eigenvalue weighted by Gasteiger charge is 2.62. The summed E-state index contributed by atoms with van der Waals surface area (Å²) in [5.41, 5.74) is -0.181. The maximum atomic E-state index is 12.0. The van der Waals surface area contributed by atoms with Gasteiger partial charge in [-0.15, -0.1) is 11.6 Å². The molecule has 0 amide bonds. The number of hydrogen-bond acceptors (Lipinski definition) is 2. The Balaban J connectivity index is 1.96. The van der Waals surface area contributed by atoms with E-state index in [4.69, 9.17) is 16.3 Å². The van der Waals surface area contributed by atoms with Gasteiger partial charge < -0.3 is 4.74 Å². The van der Waals surface area contributed by atoms with Crippen molar-refractivity contribution in [2.75, 3.05) is 7.11 Å². The summed E-state index contributed by atoms with van der Waals surface area (Å²) in [6.07, 6.45) is 5.38. The second kappa shape index (κ2) is 3.16. The quantitative estimate of drug-likeness (QED) is 0.522. The molecule has 2 nitrogen and oxygen atoms in total. The molecule has 0 spiro atoms. The van der Waals surface area contributed by atoms with Crippen LogP contribution in [0.5, 0.6) is 0 Å². The van der Waals surface area contributed by atoms with E-state index in [0.717, 1.165) is 19.3 Å². The Morgan fingerprint density at radius 1 is 1.25 bits per heavy atom. The van der Waals surface area contributed by atoms with Crippen LogP contribution in [-0.2, 0) is 9.53 Å². The van der Waals surface area contributed by atoms with E-state index in [0.29, 0.717) is 17.8 Å². The average Bonchev–Trinajstić information content (AvgIpc) is 2.24. The van der Waals surface area contributed by atoms with Crippen LogP contribution in [0.25, 0.3) is 0 Å². The Hall–Kier alpha value is -0.240. The molecule has 3 heteroatoms. The molecule has 4 bridgehead atoms. The van der Waals surface area contributed by atoms with Crippen LogP contribution in [-0.4, -0.2) is 18.0 Å². The maximum Gasteiger partial charge on any atom is 0.311 e. The minimum Gasteiger partial charge on any atom is -0.469 e. The number of hydrogen-bond donors (Lipinski definition) is 0. The van der Waals surface area contributed by atoms with E-state index in [1.54, 1.807) is 0 Å². The Kier molecular flexibility index (Phi) is 2.15. The zero-order chi connectivity index (χ0) is 11.6. The Bertz CT molecular complexity index is 319. The Morgan fingerprint density at radius 2 is 1.81 bits per heavy atom. The summed E-state index contributed by atoms with van der Waals surface area (Å²) in [6.45, 7) is 2.17. The van der Waals surface area contributed by atoms with Gasteiger partial charge in [-0.25, -0.2) is 0 Å². The first-order valence-corrected chi connectivity index (χ1v) is 6.63. The van der Waals surface area contributed by atoms with Crippen molar-refractivity contribution in [2.45, 2.75) is 43.9 Å². The van der Waals surface area contributed by atoms with E-state index >= 15 is 0 Å². The van der Waals surface area contributed by atoms with Crippen LogP contribution < -0.4 is 0 Å². The molecule has 4 fully saturated rings. The molecule has 4 aliphatic carbocycles. The summed E-state index contributed by atoms with van der Waals surface area (Å²) < 4.78 is 5.02. The highest BCUT2D eigenvalue weighted by Crippen LogP contribution is 2.65. The van der Waals surface area contributed by atoms with E-state index in [9.17, 15) is 4.79 Å². The van der Waals surface area contributed by atoms with Crippen molar-refractivity contribution in [1.82, 2.24) is 0 Å². The van der Waals surface area contributed by atoms with Crippen molar-refractivity contribution in [2.24, 2.45) is 23.2 Å². The van der Waals surface area contributed by atoms with Gasteiger partial charge in [0.2, 0.25) is 0 Å². The third kappa shape index (κ3) is 1.23. The summed E-state index contributed by atoms with van der Waals surface area (Å²) >= 11 is 6.68. The first kappa shape index (κ1) is 10.9. The van der Waals surface area contributed by atoms with Crippen molar-refractivity contribution in [1.29, 1.82) is 0 Å². The predicted molar refractivity (Wildman–Crippen MR) is 62.3 cm³/mol. The molecule has 5 atom stereocenters. The lowest BCUT2D eigenvalue weighted by Gasteiger charge is -2.61. The molecule has 0 aliphatic heterocycles. The highest BCUT2D eigenvalue weighted by molar-refractivity contribution is 6.24. The van der Waals surface area contributed by atoms with Crippen LogP contribution in [0.2, 0.25) is 0 Å². The van der Waals surface area contributed by atoms with Gasteiger partial charge in [0.05, 0.1) is 12.5 Å². The van der Waals surface area contributed by atoms with E-state index in [-0.39, 0.29) is 16.3 Å². The molecule has 90 valence electrons. The van der Waals surface area contributed by atoms with Crippen LogP contribution in [0, 0.1) is 23.2 Å². The van der Waals surface area contributed by atoms with Gasteiger partial charge in [-0.05, 0) is 56.8 Å². The summed E-state index contributed by atoms with van der Waals surface area (Å²) in [5, 5.41) is 0. The van der Waals surface area contributed by atoms with Crippen molar-refractivity contribution in [3.05, 3.63) is 0 Å². The molecule has 0 radical (unpaired) electrons. The summed E-state index contributed by atoms with van der Waals surface area (Å²) in [7, 11) is 1.51. The second-order valence-electron chi connectivity index (χ2n) is 6.27. The molecule has 0 aromatic carbocycles. The molecule has 0 saturated heterocycles. The summed E-state index contributed by atoms with van der Waals surface area (Å²) in [5.74, 6) is 1.75. The fourth-order valence-electron chi connectivity index (χ4n) is 4.64. The summed E-state index contributed by atoms with van der Waals surface area (Å²) in [4.78, 5) is 11.9. The number of carbonyl (C=O) groups is 1. The molecule has 16 heavy (non-hydrogen) atoms. The first-order chi connectivity index (χ1) is 7.48. The predicted octanol–water partition coefficient (Wildman–Crippen LogP) is 2.98. The Morgan fingerprint density at radius 3 is 2.31 bits per heavy atom. The number of halogens is 1. The van der Waals surface area contributed by atoms with Gasteiger partial charge in [0.25, 0.3) is 0 Å². The lowest BCUT2D eigenvalue weighted by atomic mass is 9.46. The minimum atomic E-state index is -0.181. The van der Waals surface area contributed by atoms with Crippen molar-refractivity contribution in [3.8, 4) is 0 Å². The van der Waals surface area contributed by atoms with Gasteiger partial charge in [0, 0.05) is 4.87 Å². The van der Waals surface area contributed by atoms with Gasteiger partial charge >= 0.3 is 5.97 Å². The number of ether oxygens (including phenoxy) is 1. The van der Waals surface area contributed by atoms with Gasteiger partial charge in [-0.1, -0.05) is 0 Å². The van der Waals surface area contributed by atoms with Crippen molar-refractivity contribution >= 4 is 17.6 Å². The second-order valence-corrected chi connectivity index (χ2v) is 7.08. The van der Waals surface area contributed by atoms with E-state index in [1.165, 1.54) is 20.0 Å². The molecule has 0 aromatic heterocycles. The molecule has 4 saturated carbocycles. The molecular formula is C13H19ClO2. The topological polar surface area (TPSA) is 26.3 Å². The lowest BCUT2D eigenvalue weighted by Crippen LogP contribution is -2.59. The number of esters is 1. The van der Waals surface area contributed by atoms with Crippen LogP contribution in [0.4, 0.5) is 0 Å². The standard InChI is InChI=1S/C13H19ClO2/c1-12(14)9-3-8-4-10(12)7-13(5-8,6-9)11(15)16-2/h8-10H,3-7H2,1-2H3/t8?,9-,10+,12?,13?. The highest BCUT2D eigenvalue weighted by atomic mass is 35.5. The van der Waals surface area contributed by atoms with Crippen LogP contribution >= 0.6 is 11.6 Å². The normalized spacial score (nSPS) is 54.1. The molecule has 4 aliphatic rings. The largest absolute Gasteiger partial charge is 0.469 e. The fourth-order valence-corrected chi connectivity index (χ4v) is 4.97. The van der Waals surface area contributed by atoms with Gasteiger partial charge in [-0.3, -0.25) is 4.79 Å². The summed E-state index contributed by atoms with van der Waals surface area (Å²) in [6, 6.07) is 0. The fraction of sp³-hybridized carbons (Fsp3) is 0.923. The molecule has 0 aromatic rings. The zero-order valence-corrected chi connectivity index (χ0v) is 10.7. The molecule has 3 unspecified atom stereocenters. The van der Waals surface area contributed by atoms with Gasteiger partial charge in [-0.2, -0.15) is 0 Å². The van der Waals surface area contributed by atoms with Crippen molar-refractivity contribution < 1.29 is 9.53 Å². The number of methoxy groups -OCH3 is 1. The SMILES string of the molecule is COC(=O)C12CC3C[C@H](C1)C(C)(Cl)[C@@H](C3)C2. The number of rotatable bonds is 1. The number of alkyl halides is 1. The van der Waals surface area contributed by atoms with E-state index < -0.39 is 0 Å². The first-order valence-electron chi connectivity index (χ1n) is 6.25. The monoisotopic (exact) mass is 242 g/mol. The lowest BCUT2D eigenvalue weighted by molar-refractivity contribution is -0.171. The molecule has 4 rings (SSSR count). The van der Waals surface area contributed by atoms with E-state index in [2.05, 4.69) is 6.92 Å². The van der Waals surface area contributed by atoms with Gasteiger partial charge in [0.15, 0.2) is 0 Å². The van der Waals surface area contributed by atoms with Crippen LogP contribution in [0.1, 0.15) is 39.0 Å². The zero-order valence-electron chi connectivity index (χ0n) is 9.96. The average molecular weight is 243 g/mol. The molecule has 0 N–H and O–H groups in total. The molecular weight excluding hydrogens is 224 g/mol. The molecule has 0 heterocycles. The number of carbonyl (C=O) groups excluding carboxylic acids is 1. The van der Waals surface area contributed by atoms with Gasteiger partial charge in [0.1, 0.15) is 0 Å². The van der Waals surface area contributed by atoms with Crippen LogP contribution in [0.3, 0.4) is 0 Å². The smallest absolute Gasteiger partial charge is 0.311 e. The Labute approximate surface area is 102 Å².